The van der Waals surface area contributed by atoms with E-state index in [2.05, 4.69) is 0 Å². The molecule has 68 valence electrons. The second kappa shape index (κ2) is 4.14. The second-order valence-corrected chi connectivity index (χ2v) is 4.05. The summed E-state index contributed by atoms with van der Waals surface area (Å²) in [6.07, 6.45) is 0. The maximum absolute atomic E-state index is 11.1. The molecular formula is C7H10ClNO2S. The average molecular weight is 208 g/mol. The number of hydrogen-bond donors (Lipinski definition) is 0. The lowest BCUT2D eigenvalue weighted by Crippen LogP contribution is -2.33. The molecule has 12 heavy (non-hydrogen) atoms. The Labute approximate surface area is 80.4 Å². The van der Waals surface area contributed by atoms with Crippen molar-refractivity contribution in [2.24, 2.45) is 5.92 Å². The molecule has 0 N–H and O–H groups in total. The third kappa shape index (κ3) is 2.14. The standard InChI is InChI=1S/C7H10ClNO2S/c1-5(2-8)3-9-6(10)4-12-7(9)11/h5H,2-4H2,1H3. The Morgan fingerprint density at radius 3 is 2.75 bits per heavy atom. The van der Waals surface area contributed by atoms with E-state index in [4.69, 9.17) is 11.6 Å². The maximum Gasteiger partial charge on any atom is 0.288 e. The summed E-state index contributed by atoms with van der Waals surface area (Å²) in [5.41, 5.74) is 0. The van der Waals surface area contributed by atoms with Crippen molar-refractivity contribution in [2.75, 3.05) is 18.2 Å². The van der Waals surface area contributed by atoms with Crippen LogP contribution in [0.3, 0.4) is 0 Å². The number of carbonyl (C=O) groups excluding carboxylic acids is 2. The molecule has 0 bridgehead atoms. The van der Waals surface area contributed by atoms with Crippen LogP contribution in [0.25, 0.3) is 0 Å². The number of thioether (sulfide) groups is 1. The van der Waals surface area contributed by atoms with Crippen LogP contribution in [0.15, 0.2) is 0 Å². The first-order chi connectivity index (χ1) is 5.65. The van der Waals surface area contributed by atoms with E-state index < -0.39 is 0 Å². The third-order valence-corrected chi connectivity index (χ3v) is 2.98. The maximum atomic E-state index is 11.1. The number of halogens is 1. The predicted octanol–water partition coefficient (Wildman–Crippen LogP) is 1.56. The minimum Gasteiger partial charge on any atom is -0.273 e. The van der Waals surface area contributed by atoms with Crippen molar-refractivity contribution in [1.82, 2.24) is 4.90 Å². The number of hydrogen-bond acceptors (Lipinski definition) is 3. The number of rotatable bonds is 3. The number of amides is 2. The fourth-order valence-electron chi connectivity index (χ4n) is 0.918. The molecule has 1 rings (SSSR count). The van der Waals surface area contributed by atoms with E-state index in [1.165, 1.54) is 4.90 Å². The van der Waals surface area contributed by atoms with Crippen molar-refractivity contribution in [3.8, 4) is 0 Å². The highest BCUT2D eigenvalue weighted by molar-refractivity contribution is 8.14. The molecule has 1 unspecified atom stereocenters. The summed E-state index contributed by atoms with van der Waals surface area (Å²) in [6, 6.07) is 0. The van der Waals surface area contributed by atoms with Crippen LogP contribution in [0.5, 0.6) is 0 Å². The summed E-state index contributed by atoms with van der Waals surface area (Å²) in [5, 5.41) is -0.142. The van der Waals surface area contributed by atoms with Crippen LogP contribution in [0, 0.1) is 5.92 Å². The Morgan fingerprint density at radius 2 is 2.33 bits per heavy atom. The third-order valence-electron chi connectivity index (χ3n) is 1.60. The van der Waals surface area contributed by atoms with Crippen molar-refractivity contribution in [1.29, 1.82) is 0 Å². The summed E-state index contributed by atoms with van der Waals surface area (Å²) in [4.78, 5) is 23.4. The zero-order valence-electron chi connectivity index (χ0n) is 6.75. The molecule has 0 radical (unpaired) electrons. The Kier molecular flexibility index (Phi) is 3.40. The van der Waals surface area contributed by atoms with Crippen molar-refractivity contribution in [3.63, 3.8) is 0 Å². The van der Waals surface area contributed by atoms with Gasteiger partial charge in [-0.1, -0.05) is 18.7 Å². The van der Waals surface area contributed by atoms with Crippen molar-refractivity contribution in [2.45, 2.75) is 6.92 Å². The van der Waals surface area contributed by atoms with E-state index in [9.17, 15) is 9.59 Å². The first kappa shape index (κ1) is 9.86. The van der Waals surface area contributed by atoms with E-state index in [-0.39, 0.29) is 22.8 Å². The van der Waals surface area contributed by atoms with Gasteiger partial charge in [0.15, 0.2) is 0 Å². The molecule has 1 heterocycles. The van der Waals surface area contributed by atoms with Crippen molar-refractivity contribution >= 4 is 34.5 Å². The fourth-order valence-corrected chi connectivity index (χ4v) is 1.75. The first-order valence-electron chi connectivity index (χ1n) is 3.68. The second-order valence-electron chi connectivity index (χ2n) is 2.82. The van der Waals surface area contributed by atoms with Crippen LogP contribution < -0.4 is 0 Å². The van der Waals surface area contributed by atoms with Gasteiger partial charge in [0.1, 0.15) is 0 Å². The molecule has 0 saturated carbocycles. The average Bonchev–Trinajstić information content (AvgIpc) is 2.35. The Balaban J connectivity index is 2.50. The van der Waals surface area contributed by atoms with E-state index >= 15 is 0 Å². The fraction of sp³-hybridized carbons (Fsp3) is 0.714. The molecule has 1 fully saturated rings. The molecule has 0 aliphatic carbocycles. The molecule has 0 aromatic heterocycles. The summed E-state index contributed by atoms with van der Waals surface area (Å²) in [6.45, 7) is 2.37. The molecule has 0 aromatic rings. The summed E-state index contributed by atoms with van der Waals surface area (Å²) >= 11 is 6.63. The summed E-state index contributed by atoms with van der Waals surface area (Å²) < 4.78 is 0. The summed E-state index contributed by atoms with van der Waals surface area (Å²) in [7, 11) is 0. The topological polar surface area (TPSA) is 37.4 Å². The van der Waals surface area contributed by atoms with Gasteiger partial charge in [-0.25, -0.2) is 0 Å². The molecule has 1 aliphatic heterocycles. The molecule has 5 heteroatoms. The molecular weight excluding hydrogens is 198 g/mol. The molecule has 3 nitrogen and oxygen atoms in total. The van der Waals surface area contributed by atoms with Crippen LogP contribution in [-0.2, 0) is 4.79 Å². The highest BCUT2D eigenvalue weighted by Gasteiger charge is 2.30. The van der Waals surface area contributed by atoms with Gasteiger partial charge < -0.3 is 0 Å². The van der Waals surface area contributed by atoms with E-state index in [0.717, 1.165) is 11.8 Å². The lowest BCUT2D eigenvalue weighted by molar-refractivity contribution is -0.124. The van der Waals surface area contributed by atoms with Gasteiger partial charge in [0.05, 0.1) is 5.75 Å². The van der Waals surface area contributed by atoms with E-state index in [1.54, 1.807) is 0 Å². The number of nitrogens with zero attached hydrogens (tertiary/aromatic N) is 1. The zero-order chi connectivity index (χ0) is 9.14. The highest BCUT2D eigenvalue weighted by Crippen LogP contribution is 2.19. The van der Waals surface area contributed by atoms with Crippen LogP contribution in [0.1, 0.15) is 6.92 Å². The first-order valence-corrected chi connectivity index (χ1v) is 5.20. The number of alkyl halides is 1. The number of imide groups is 1. The molecule has 1 aliphatic rings. The quantitative estimate of drug-likeness (QED) is 0.660. The Hall–Kier alpha value is -0.220. The molecule has 1 atom stereocenters. The smallest absolute Gasteiger partial charge is 0.273 e. The van der Waals surface area contributed by atoms with Gasteiger partial charge in [-0.2, -0.15) is 0 Å². The van der Waals surface area contributed by atoms with Gasteiger partial charge in [-0.05, 0) is 5.92 Å². The van der Waals surface area contributed by atoms with Gasteiger partial charge >= 0.3 is 0 Å². The van der Waals surface area contributed by atoms with Crippen LogP contribution in [-0.4, -0.2) is 34.2 Å². The van der Waals surface area contributed by atoms with Gasteiger partial charge in [-0.3, -0.25) is 14.5 Å². The number of carbonyl (C=O) groups is 2. The minimum absolute atomic E-state index is 0.0954. The van der Waals surface area contributed by atoms with Crippen molar-refractivity contribution < 1.29 is 9.59 Å². The van der Waals surface area contributed by atoms with E-state index in [0.29, 0.717) is 12.4 Å². The van der Waals surface area contributed by atoms with Crippen LogP contribution in [0.2, 0.25) is 0 Å². The largest absolute Gasteiger partial charge is 0.288 e. The minimum atomic E-state index is -0.142. The zero-order valence-corrected chi connectivity index (χ0v) is 8.32. The van der Waals surface area contributed by atoms with Crippen LogP contribution in [0.4, 0.5) is 4.79 Å². The highest BCUT2D eigenvalue weighted by atomic mass is 35.5. The lowest BCUT2D eigenvalue weighted by atomic mass is 10.2. The Bertz CT molecular complexity index is 194. The van der Waals surface area contributed by atoms with Crippen molar-refractivity contribution in [3.05, 3.63) is 0 Å². The SMILES string of the molecule is CC(CCl)CN1C(=O)CSC1=O. The normalized spacial score (nSPS) is 20.3. The lowest BCUT2D eigenvalue weighted by Gasteiger charge is -2.15. The van der Waals surface area contributed by atoms with Gasteiger partial charge in [0.2, 0.25) is 5.91 Å². The molecule has 0 spiro atoms. The molecule has 1 saturated heterocycles. The predicted molar refractivity (Wildman–Crippen MR) is 49.5 cm³/mol. The van der Waals surface area contributed by atoms with Gasteiger partial charge in [0, 0.05) is 12.4 Å². The summed E-state index contributed by atoms with van der Waals surface area (Å²) in [5.74, 6) is 0.843. The molecule has 2 amide bonds. The van der Waals surface area contributed by atoms with E-state index in [1.807, 2.05) is 6.92 Å². The molecule has 0 aromatic carbocycles. The van der Waals surface area contributed by atoms with Crippen LogP contribution >= 0.6 is 23.4 Å². The monoisotopic (exact) mass is 207 g/mol. The van der Waals surface area contributed by atoms with Gasteiger partial charge in [0.25, 0.3) is 5.24 Å². The Morgan fingerprint density at radius 1 is 1.67 bits per heavy atom. The van der Waals surface area contributed by atoms with Gasteiger partial charge in [-0.15, -0.1) is 11.6 Å².